The van der Waals surface area contributed by atoms with Gasteiger partial charge in [-0.25, -0.2) is 4.98 Å². The topological polar surface area (TPSA) is 50.9 Å². The van der Waals surface area contributed by atoms with Gasteiger partial charge in [0.2, 0.25) is 0 Å². The Morgan fingerprint density at radius 1 is 1.26 bits per heavy atom. The van der Waals surface area contributed by atoms with Gasteiger partial charge in [-0.1, -0.05) is 30.3 Å². The van der Waals surface area contributed by atoms with E-state index in [0.29, 0.717) is 0 Å². The van der Waals surface area contributed by atoms with Crippen LogP contribution >= 0.6 is 28.1 Å². The van der Waals surface area contributed by atoms with E-state index in [1.165, 1.54) is 5.56 Å². The molecular weight excluding hydrogens is 322 g/mol. The van der Waals surface area contributed by atoms with Crippen LogP contribution in [0.1, 0.15) is 11.1 Å². The largest absolute Gasteiger partial charge is 0.376 e. The molecule has 98 valence electrons. The molecule has 1 aromatic carbocycles. The van der Waals surface area contributed by atoms with Crippen molar-refractivity contribution in [3.63, 3.8) is 0 Å². The van der Waals surface area contributed by atoms with Gasteiger partial charge in [-0.2, -0.15) is 0 Å². The molecule has 3 nitrogen and oxygen atoms in total. The van der Waals surface area contributed by atoms with Crippen LogP contribution in [0.5, 0.6) is 0 Å². The molecule has 0 unspecified atom stereocenters. The van der Waals surface area contributed by atoms with E-state index in [2.05, 4.69) is 38.4 Å². The molecule has 1 heterocycles. The summed E-state index contributed by atoms with van der Waals surface area (Å²) in [6, 6.07) is 12.4. The highest BCUT2D eigenvalue weighted by Crippen LogP contribution is 2.20. The third-order valence-corrected chi connectivity index (χ3v) is 3.24. The average Bonchev–Trinajstić information content (AvgIpc) is 2.40. The molecular formula is C14H14BrN3S. The molecule has 0 bridgehead atoms. The summed E-state index contributed by atoms with van der Waals surface area (Å²) in [5, 5.41) is 3.15. The Kier molecular flexibility index (Phi) is 4.87. The Bertz CT molecular complexity index is 572. The summed E-state index contributed by atoms with van der Waals surface area (Å²) in [7, 11) is 0. The third-order valence-electron chi connectivity index (χ3n) is 2.70. The van der Waals surface area contributed by atoms with Crippen molar-refractivity contribution in [2.24, 2.45) is 5.73 Å². The summed E-state index contributed by atoms with van der Waals surface area (Å²) < 4.78 is 0.948. The maximum atomic E-state index is 5.51. The van der Waals surface area contributed by atoms with Crippen molar-refractivity contribution in [3.8, 4) is 0 Å². The van der Waals surface area contributed by atoms with Crippen LogP contribution in [0.4, 0.5) is 5.82 Å². The lowest BCUT2D eigenvalue weighted by Crippen LogP contribution is -2.20. The molecule has 0 aliphatic carbocycles. The Labute approximate surface area is 126 Å². The summed E-state index contributed by atoms with van der Waals surface area (Å²) in [4.78, 5) is 4.31. The number of thiocarbonyl (C=S) groups is 1. The number of nitrogens with zero attached hydrogens (tertiary/aromatic N) is 1. The van der Waals surface area contributed by atoms with E-state index in [0.717, 1.165) is 28.7 Å². The molecule has 0 amide bonds. The first-order valence-corrected chi connectivity index (χ1v) is 7.10. The summed E-state index contributed by atoms with van der Waals surface area (Å²) >= 11 is 8.30. The van der Waals surface area contributed by atoms with Crippen molar-refractivity contribution in [3.05, 3.63) is 58.2 Å². The smallest absolute Gasteiger partial charge is 0.169 e. The van der Waals surface area contributed by atoms with E-state index in [1.807, 2.05) is 24.3 Å². The molecule has 0 aliphatic rings. The van der Waals surface area contributed by atoms with E-state index in [9.17, 15) is 0 Å². The first kappa shape index (κ1) is 14.0. The van der Waals surface area contributed by atoms with Gasteiger partial charge in [0.1, 0.15) is 5.82 Å². The Morgan fingerprint density at radius 2 is 2.00 bits per heavy atom. The number of hydrogen-bond donors (Lipinski definition) is 2. The molecule has 0 aliphatic heterocycles. The normalized spacial score (nSPS) is 10.2. The van der Waals surface area contributed by atoms with E-state index in [4.69, 9.17) is 18.0 Å². The van der Waals surface area contributed by atoms with Crippen molar-refractivity contribution in [1.29, 1.82) is 0 Å². The van der Waals surface area contributed by atoms with Gasteiger partial charge in [0, 0.05) is 10.7 Å². The predicted octanol–water partition coefficient (Wildman–Crippen LogP) is 3.28. The van der Waals surface area contributed by atoms with Gasteiger partial charge in [0.05, 0.1) is 0 Å². The monoisotopic (exact) mass is 335 g/mol. The zero-order chi connectivity index (χ0) is 13.7. The van der Waals surface area contributed by atoms with E-state index >= 15 is 0 Å². The van der Waals surface area contributed by atoms with Gasteiger partial charge >= 0.3 is 0 Å². The lowest BCUT2D eigenvalue weighted by Gasteiger charge is -2.10. The maximum absolute atomic E-state index is 5.51. The highest BCUT2D eigenvalue weighted by atomic mass is 79.9. The molecule has 5 heteroatoms. The summed E-state index contributed by atoms with van der Waals surface area (Å²) in [6.45, 7) is 0. The van der Waals surface area contributed by atoms with Crippen LogP contribution in [0.2, 0.25) is 0 Å². The Balaban J connectivity index is 2.14. The highest BCUT2D eigenvalue weighted by molar-refractivity contribution is 9.10. The minimum absolute atomic E-state index is 0.232. The van der Waals surface area contributed by atoms with Gasteiger partial charge in [-0.05, 0) is 58.2 Å². The fourth-order valence-electron chi connectivity index (χ4n) is 1.82. The van der Waals surface area contributed by atoms with Gasteiger partial charge in [0.25, 0.3) is 0 Å². The minimum atomic E-state index is 0.232. The highest BCUT2D eigenvalue weighted by Gasteiger charge is 2.06. The van der Waals surface area contributed by atoms with Crippen LogP contribution < -0.4 is 11.1 Å². The van der Waals surface area contributed by atoms with Crippen LogP contribution in [0, 0.1) is 0 Å². The molecule has 0 spiro atoms. The quantitative estimate of drug-likeness (QED) is 0.842. The molecule has 2 aromatic rings. The number of pyridine rings is 1. The summed E-state index contributed by atoms with van der Waals surface area (Å²) in [5.74, 6) is 0.728. The number of nitrogens with one attached hydrogen (secondary N) is 1. The van der Waals surface area contributed by atoms with Gasteiger partial charge in [-0.3, -0.25) is 0 Å². The summed E-state index contributed by atoms with van der Waals surface area (Å²) in [6.07, 6.45) is 3.55. The number of anilines is 1. The second-order valence-electron chi connectivity index (χ2n) is 4.14. The molecule has 19 heavy (non-hydrogen) atoms. The molecule has 0 radical (unpaired) electrons. The Hall–Kier alpha value is -1.46. The number of rotatable bonds is 4. The van der Waals surface area contributed by atoms with E-state index in [-0.39, 0.29) is 5.11 Å². The lowest BCUT2D eigenvalue weighted by molar-refractivity contribution is 0.952. The zero-order valence-corrected chi connectivity index (χ0v) is 12.7. The van der Waals surface area contributed by atoms with Crippen LogP contribution in [-0.2, 0) is 12.8 Å². The number of nitrogens with two attached hydrogens (primary N) is 1. The number of hydrogen-bond acceptors (Lipinski definition) is 2. The summed E-state index contributed by atoms with van der Waals surface area (Å²) in [5.41, 5.74) is 7.89. The van der Waals surface area contributed by atoms with E-state index in [1.54, 1.807) is 6.20 Å². The fraction of sp³-hybridized carbons (Fsp3) is 0.143. The second kappa shape index (κ2) is 6.63. The molecule has 3 N–H and O–H groups in total. The SMILES string of the molecule is NC(=S)Nc1ncc(Br)cc1CCc1ccccc1. The molecule has 0 atom stereocenters. The number of benzene rings is 1. The number of halogens is 1. The standard InChI is InChI=1S/C14H14BrN3S/c15-12-8-11(13(17-9-12)18-14(16)19)7-6-10-4-2-1-3-5-10/h1-5,8-9H,6-7H2,(H3,16,17,18,19). The third kappa shape index (κ3) is 4.29. The molecule has 0 saturated carbocycles. The fourth-order valence-corrected chi connectivity index (χ4v) is 2.30. The zero-order valence-electron chi connectivity index (χ0n) is 10.3. The number of aromatic nitrogens is 1. The first-order chi connectivity index (χ1) is 9.15. The predicted molar refractivity (Wildman–Crippen MR) is 86.2 cm³/mol. The van der Waals surface area contributed by atoms with Crippen LogP contribution in [0.15, 0.2) is 47.1 Å². The molecule has 0 fully saturated rings. The van der Waals surface area contributed by atoms with Gasteiger partial charge < -0.3 is 11.1 Å². The van der Waals surface area contributed by atoms with Crippen molar-refractivity contribution in [2.45, 2.75) is 12.8 Å². The molecule has 1 aromatic heterocycles. The average molecular weight is 336 g/mol. The van der Waals surface area contributed by atoms with Crippen molar-refractivity contribution < 1.29 is 0 Å². The van der Waals surface area contributed by atoms with Crippen molar-refractivity contribution in [2.75, 3.05) is 5.32 Å². The Morgan fingerprint density at radius 3 is 2.68 bits per heavy atom. The van der Waals surface area contributed by atoms with Crippen LogP contribution in [0.25, 0.3) is 0 Å². The van der Waals surface area contributed by atoms with E-state index < -0.39 is 0 Å². The van der Waals surface area contributed by atoms with Crippen molar-refractivity contribution in [1.82, 2.24) is 4.98 Å². The van der Waals surface area contributed by atoms with Crippen molar-refractivity contribution >= 4 is 39.1 Å². The second-order valence-corrected chi connectivity index (χ2v) is 5.49. The minimum Gasteiger partial charge on any atom is -0.376 e. The van der Waals surface area contributed by atoms with Gasteiger partial charge in [-0.15, -0.1) is 0 Å². The maximum Gasteiger partial charge on any atom is 0.169 e. The first-order valence-electron chi connectivity index (χ1n) is 5.90. The lowest BCUT2D eigenvalue weighted by atomic mass is 10.1. The van der Waals surface area contributed by atoms with Crippen LogP contribution in [0.3, 0.4) is 0 Å². The number of aryl methyl sites for hydroxylation is 2. The molecule has 0 saturated heterocycles. The molecule has 2 rings (SSSR count). The van der Waals surface area contributed by atoms with Crippen LogP contribution in [-0.4, -0.2) is 10.1 Å². The van der Waals surface area contributed by atoms with Gasteiger partial charge in [0.15, 0.2) is 5.11 Å².